The van der Waals surface area contributed by atoms with Crippen molar-refractivity contribution in [2.45, 2.75) is 34.1 Å². The summed E-state index contributed by atoms with van der Waals surface area (Å²) in [5.74, 6) is 0.182. The van der Waals surface area contributed by atoms with Crippen molar-refractivity contribution in [1.29, 1.82) is 0 Å². The molecule has 156 valence electrons. The second-order valence-corrected chi connectivity index (χ2v) is 7.60. The topological polar surface area (TPSA) is 57.6 Å². The molecule has 2 rings (SSSR count). The first-order chi connectivity index (χ1) is 13.9. The molecule has 1 atom stereocenters. The molecule has 1 N–H and O–H groups in total. The van der Waals surface area contributed by atoms with Gasteiger partial charge in [-0.3, -0.25) is 14.8 Å². The number of halogens is 1. The van der Waals surface area contributed by atoms with Gasteiger partial charge in [-0.2, -0.15) is 0 Å². The van der Waals surface area contributed by atoms with Gasteiger partial charge in [0.2, 0.25) is 0 Å². The van der Waals surface area contributed by atoms with Crippen molar-refractivity contribution >= 4 is 28.8 Å². The fourth-order valence-corrected chi connectivity index (χ4v) is 3.24. The zero-order valence-electron chi connectivity index (χ0n) is 17.8. The predicted molar refractivity (Wildman–Crippen MR) is 122 cm³/mol. The van der Waals surface area contributed by atoms with Crippen LogP contribution in [0.4, 0.5) is 0 Å². The largest absolute Gasteiger partial charge is 0.369 e. The third-order valence-electron chi connectivity index (χ3n) is 4.91. The van der Waals surface area contributed by atoms with Gasteiger partial charge in [0, 0.05) is 61.6 Å². The summed E-state index contributed by atoms with van der Waals surface area (Å²) < 4.78 is 0. The highest BCUT2D eigenvalue weighted by Gasteiger charge is 2.13. The summed E-state index contributed by atoms with van der Waals surface area (Å²) in [5.41, 5.74) is 3.42. The maximum Gasteiger partial charge on any atom is 0.154 e. The summed E-state index contributed by atoms with van der Waals surface area (Å²) in [4.78, 5) is 23.2. The van der Waals surface area contributed by atoms with Crippen molar-refractivity contribution in [2.24, 2.45) is 10.9 Å². The normalized spacial score (nSPS) is 17.7. The van der Waals surface area contributed by atoms with E-state index in [9.17, 15) is 4.79 Å². The number of carbonyl (C=O) groups excluding carboxylic acids is 1. The van der Waals surface area contributed by atoms with E-state index in [0.29, 0.717) is 10.7 Å². The number of allylic oxidation sites excluding steroid dienone is 4. The minimum absolute atomic E-state index is 0.0637. The Morgan fingerprint density at radius 3 is 2.66 bits per heavy atom. The van der Waals surface area contributed by atoms with E-state index in [1.807, 2.05) is 0 Å². The molecule has 1 unspecified atom stereocenters. The summed E-state index contributed by atoms with van der Waals surface area (Å²) in [6, 6.07) is 1.78. The average Bonchev–Trinajstić information content (AvgIpc) is 2.72. The highest BCUT2D eigenvalue weighted by Crippen LogP contribution is 2.21. The average molecular weight is 415 g/mol. The molecule has 1 aliphatic heterocycles. The number of hydrogen-bond donors (Lipinski definition) is 1. The number of piperazine rings is 1. The van der Waals surface area contributed by atoms with Gasteiger partial charge in [0.25, 0.3) is 0 Å². The first kappa shape index (κ1) is 23.0. The van der Waals surface area contributed by atoms with Crippen LogP contribution in [0.25, 0.3) is 5.70 Å². The Hall–Kier alpha value is -2.24. The van der Waals surface area contributed by atoms with Gasteiger partial charge in [0.05, 0.1) is 10.7 Å². The lowest BCUT2D eigenvalue weighted by Gasteiger charge is -2.30. The molecule has 1 aromatic rings. The molecule has 1 saturated heterocycles. The maximum atomic E-state index is 11.8. The number of nitrogens with zero attached hydrogens (tertiary/aromatic N) is 3. The fourth-order valence-electron chi connectivity index (χ4n) is 3.06. The monoisotopic (exact) mass is 414 g/mol. The Morgan fingerprint density at radius 1 is 1.34 bits per heavy atom. The number of rotatable bonds is 8. The smallest absolute Gasteiger partial charge is 0.154 e. The summed E-state index contributed by atoms with van der Waals surface area (Å²) in [5, 5.41) is 3.90. The fraction of sp³-hybridized carbons (Fsp3) is 0.435. The molecule has 0 aliphatic carbocycles. The molecule has 0 radical (unpaired) electrons. The minimum atomic E-state index is -0.0637. The van der Waals surface area contributed by atoms with Crippen molar-refractivity contribution in [2.75, 3.05) is 26.2 Å². The highest BCUT2D eigenvalue weighted by molar-refractivity contribution is 6.30. The third-order valence-corrected chi connectivity index (χ3v) is 5.12. The van der Waals surface area contributed by atoms with Crippen molar-refractivity contribution in [3.63, 3.8) is 0 Å². The number of aliphatic imine (C=N–C) groups is 1. The van der Waals surface area contributed by atoms with E-state index in [1.54, 1.807) is 18.5 Å². The summed E-state index contributed by atoms with van der Waals surface area (Å²) in [6.45, 7) is 11.8. The SMILES string of the molecule is C\C=C(/C=C\C(=N\C(=C/C(C)=O)c1cncc(Cl)c1)C(C)CC)N1CCNCC1. The highest BCUT2D eigenvalue weighted by atomic mass is 35.5. The molecule has 0 amide bonds. The van der Waals surface area contributed by atoms with Crippen LogP contribution >= 0.6 is 11.6 Å². The van der Waals surface area contributed by atoms with Gasteiger partial charge in [-0.15, -0.1) is 0 Å². The van der Waals surface area contributed by atoms with Crippen LogP contribution in [0, 0.1) is 5.92 Å². The first-order valence-electron chi connectivity index (χ1n) is 10.2. The van der Waals surface area contributed by atoms with Gasteiger partial charge in [-0.25, -0.2) is 0 Å². The number of aromatic nitrogens is 1. The molecule has 1 aliphatic rings. The Morgan fingerprint density at radius 2 is 2.07 bits per heavy atom. The zero-order chi connectivity index (χ0) is 21.2. The van der Waals surface area contributed by atoms with E-state index >= 15 is 0 Å². The number of pyridine rings is 1. The van der Waals surface area contributed by atoms with E-state index in [-0.39, 0.29) is 11.7 Å². The number of hydrogen-bond acceptors (Lipinski definition) is 5. The Kier molecular flexibility index (Phi) is 9.29. The minimum Gasteiger partial charge on any atom is -0.369 e. The van der Waals surface area contributed by atoms with Gasteiger partial charge in [-0.1, -0.05) is 31.5 Å². The first-order valence-corrected chi connectivity index (χ1v) is 10.5. The van der Waals surface area contributed by atoms with Crippen LogP contribution in [0.15, 0.2) is 53.5 Å². The molecule has 0 aromatic carbocycles. The molecule has 0 saturated carbocycles. The zero-order valence-corrected chi connectivity index (χ0v) is 18.5. The van der Waals surface area contributed by atoms with Crippen LogP contribution in [0.2, 0.25) is 5.02 Å². The molecule has 0 bridgehead atoms. The molecule has 1 fully saturated rings. The van der Waals surface area contributed by atoms with E-state index in [0.717, 1.165) is 43.9 Å². The summed E-state index contributed by atoms with van der Waals surface area (Å²) in [6.07, 6.45) is 12.1. The maximum absolute atomic E-state index is 11.8. The van der Waals surface area contributed by atoms with Crippen LogP contribution < -0.4 is 5.32 Å². The molecular weight excluding hydrogens is 384 g/mol. The number of ketones is 1. The van der Waals surface area contributed by atoms with Crippen LogP contribution in [0.1, 0.15) is 39.7 Å². The molecular formula is C23H31ClN4O. The van der Waals surface area contributed by atoms with Gasteiger partial charge >= 0.3 is 0 Å². The molecule has 29 heavy (non-hydrogen) atoms. The predicted octanol–water partition coefficient (Wildman–Crippen LogP) is 4.52. The lowest BCUT2D eigenvalue weighted by atomic mass is 10.0. The molecule has 2 heterocycles. The quantitative estimate of drug-likeness (QED) is 0.386. The number of carbonyl (C=O) groups is 1. The Balaban J connectivity index is 2.40. The molecule has 1 aromatic heterocycles. The lowest BCUT2D eigenvalue weighted by molar-refractivity contribution is -0.112. The van der Waals surface area contributed by atoms with Crippen LogP contribution in [-0.2, 0) is 4.79 Å². The second kappa shape index (κ2) is 11.7. The molecule has 6 heteroatoms. The van der Waals surface area contributed by atoms with Gasteiger partial charge in [0.15, 0.2) is 5.78 Å². The Labute approximate surface area is 179 Å². The molecule has 0 spiro atoms. The van der Waals surface area contributed by atoms with Gasteiger partial charge < -0.3 is 10.2 Å². The molecule has 5 nitrogen and oxygen atoms in total. The van der Waals surface area contributed by atoms with Crippen molar-refractivity contribution in [3.8, 4) is 0 Å². The Bertz CT molecular complexity index is 820. The van der Waals surface area contributed by atoms with Crippen molar-refractivity contribution in [1.82, 2.24) is 15.2 Å². The standard InChI is InChI=1S/C23H31ClN4O/c1-5-17(3)22(8-7-21(6-2)28-11-9-25-10-12-28)27-23(13-18(4)29)19-14-20(24)16-26-15-19/h6-8,13-17,25H,5,9-12H2,1-4H3/b8-7-,21-6+,23-13-,27-22-. The third kappa shape index (κ3) is 7.26. The van der Waals surface area contributed by atoms with E-state index in [4.69, 9.17) is 16.6 Å². The van der Waals surface area contributed by atoms with E-state index < -0.39 is 0 Å². The van der Waals surface area contributed by atoms with E-state index in [2.05, 4.69) is 54.2 Å². The van der Waals surface area contributed by atoms with Gasteiger partial charge in [-0.05, 0) is 44.4 Å². The van der Waals surface area contributed by atoms with Gasteiger partial charge in [0.1, 0.15) is 0 Å². The van der Waals surface area contributed by atoms with Crippen LogP contribution in [0.3, 0.4) is 0 Å². The van der Waals surface area contributed by atoms with Crippen LogP contribution in [-0.4, -0.2) is 47.6 Å². The van der Waals surface area contributed by atoms with Crippen molar-refractivity contribution in [3.05, 3.63) is 59.0 Å². The lowest BCUT2D eigenvalue weighted by Crippen LogP contribution is -2.42. The summed E-state index contributed by atoms with van der Waals surface area (Å²) >= 11 is 6.10. The van der Waals surface area contributed by atoms with Crippen LogP contribution in [0.5, 0.6) is 0 Å². The van der Waals surface area contributed by atoms with E-state index in [1.165, 1.54) is 18.7 Å². The summed E-state index contributed by atoms with van der Waals surface area (Å²) in [7, 11) is 0. The number of nitrogens with one attached hydrogen (secondary N) is 1. The second-order valence-electron chi connectivity index (χ2n) is 7.16. The van der Waals surface area contributed by atoms with Crippen molar-refractivity contribution < 1.29 is 4.79 Å².